The van der Waals surface area contributed by atoms with Crippen molar-refractivity contribution in [1.29, 1.82) is 0 Å². The fourth-order valence-corrected chi connectivity index (χ4v) is 4.87. The van der Waals surface area contributed by atoms with Gasteiger partial charge >= 0.3 is 0 Å². The SMILES string of the molecule is CCc1nnc(SC(CC)C(=O)Nc2ccccc2F)c2cc3sccc3n12. The van der Waals surface area contributed by atoms with Gasteiger partial charge in [-0.05, 0) is 36.1 Å². The first-order chi connectivity index (χ1) is 13.6. The maximum absolute atomic E-state index is 13.9. The number of hydrogen-bond donors (Lipinski definition) is 1. The van der Waals surface area contributed by atoms with E-state index in [0.29, 0.717) is 11.4 Å². The molecule has 4 rings (SSSR count). The van der Waals surface area contributed by atoms with Gasteiger partial charge in [0.1, 0.15) is 16.7 Å². The van der Waals surface area contributed by atoms with Crippen LogP contribution < -0.4 is 5.32 Å². The molecule has 0 radical (unpaired) electrons. The highest BCUT2D eigenvalue weighted by atomic mass is 32.2. The van der Waals surface area contributed by atoms with Gasteiger partial charge in [0.05, 0.1) is 26.7 Å². The molecule has 0 saturated carbocycles. The van der Waals surface area contributed by atoms with E-state index in [1.54, 1.807) is 29.5 Å². The molecule has 5 nitrogen and oxygen atoms in total. The Bertz CT molecular complexity index is 1150. The lowest BCUT2D eigenvalue weighted by atomic mass is 10.2. The third-order valence-corrected chi connectivity index (χ3v) is 6.72. The Hall–Kier alpha value is -2.45. The van der Waals surface area contributed by atoms with Crippen LogP contribution >= 0.6 is 23.1 Å². The van der Waals surface area contributed by atoms with E-state index < -0.39 is 11.1 Å². The van der Waals surface area contributed by atoms with Crippen LogP contribution in [0.1, 0.15) is 26.1 Å². The number of thiophene rings is 1. The number of nitrogens with one attached hydrogen (secondary N) is 1. The molecule has 1 N–H and O–H groups in total. The number of fused-ring (bicyclic) bond motifs is 3. The average Bonchev–Trinajstić information content (AvgIpc) is 3.29. The van der Waals surface area contributed by atoms with Gasteiger partial charge < -0.3 is 5.32 Å². The van der Waals surface area contributed by atoms with Gasteiger partial charge in [-0.3, -0.25) is 9.20 Å². The van der Waals surface area contributed by atoms with Gasteiger partial charge in [-0.1, -0.05) is 37.7 Å². The molecule has 8 heteroatoms. The maximum atomic E-state index is 13.9. The number of carbonyl (C=O) groups excluding carboxylic acids is 1. The molecular weight excluding hydrogens is 395 g/mol. The van der Waals surface area contributed by atoms with Crippen molar-refractivity contribution in [3.05, 3.63) is 53.4 Å². The summed E-state index contributed by atoms with van der Waals surface area (Å²) < 4.78 is 17.1. The van der Waals surface area contributed by atoms with Gasteiger partial charge in [0, 0.05) is 6.42 Å². The van der Waals surface area contributed by atoms with Crippen LogP contribution in [0.3, 0.4) is 0 Å². The summed E-state index contributed by atoms with van der Waals surface area (Å²) in [6, 6.07) is 10.3. The molecule has 3 heterocycles. The van der Waals surface area contributed by atoms with Gasteiger partial charge in [0.2, 0.25) is 5.91 Å². The molecule has 1 aromatic carbocycles. The highest BCUT2D eigenvalue weighted by Gasteiger charge is 2.23. The van der Waals surface area contributed by atoms with E-state index in [9.17, 15) is 9.18 Å². The lowest BCUT2D eigenvalue weighted by Crippen LogP contribution is -2.25. The number of hydrogen-bond acceptors (Lipinski definition) is 5. The number of thioether (sulfide) groups is 1. The van der Waals surface area contributed by atoms with Crippen molar-refractivity contribution < 1.29 is 9.18 Å². The summed E-state index contributed by atoms with van der Waals surface area (Å²) in [4.78, 5) is 12.7. The van der Waals surface area contributed by atoms with Gasteiger partial charge in [0.25, 0.3) is 0 Å². The Morgan fingerprint density at radius 2 is 2.07 bits per heavy atom. The lowest BCUT2D eigenvalue weighted by Gasteiger charge is -2.15. The summed E-state index contributed by atoms with van der Waals surface area (Å²) in [5, 5.41) is 13.8. The highest BCUT2D eigenvalue weighted by molar-refractivity contribution is 8.00. The molecule has 28 heavy (non-hydrogen) atoms. The largest absolute Gasteiger partial charge is 0.323 e. The van der Waals surface area contributed by atoms with Gasteiger partial charge in [-0.25, -0.2) is 4.39 Å². The second-order valence-corrected chi connectivity index (χ2v) is 8.43. The molecule has 1 amide bonds. The standard InChI is InChI=1S/C20H19FN4OS2/c1-3-16(19(26)22-13-8-6-5-7-12(13)21)28-20-15-11-17-14(9-10-27-17)25(15)18(4-2)23-24-20/h5-11,16H,3-4H2,1-2H3,(H,22,26). The number of aryl methyl sites for hydroxylation is 1. The molecule has 0 aliphatic carbocycles. The molecule has 3 aromatic heterocycles. The zero-order valence-corrected chi connectivity index (χ0v) is 17.1. The third kappa shape index (κ3) is 3.38. The van der Waals surface area contributed by atoms with Crippen LogP contribution in [0.25, 0.3) is 15.7 Å². The summed E-state index contributed by atoms with van der Waals surface area (Å²) in [5.41, 5.74) is 2.25. The monoisotopic (exact) mass is 414 g/mol. The zero-order chi connectivity index (χ0) is 19.7. The van der Waals surface area contributed by atoms with E-state index in [0.717, 1.165) is 28.0 Å². The number of amides is 1. The van der Waals surface area contributed by atoms with Crippen molar-refractivity contribution in [2.75, 3.05) is 5.32 Å². The van der Waals surface area contributed by atoms with Gasteiger partial charge in [-0.2, -0.15) is 0 Å². The van der Waals surface area contributed by atoms with Crippen molar-refractivity contribution in [2.24, 2.45) is 0 Å². The fourth-order valence-electron chi connectivity index (χ4n) is 3.11. The maximum Gasteiger partial charge on any atom is 0.237 e. The molecule has 0 fully saturated rings. The normalized spacial score (nSPS) is 12.5. The molecule has 1 unspecified atom stereocenters. The van der Waals surface area contributed by atoms with Gasteiger partial charge in [0.15, 0.2) is 0 Å². The van der Waals surface area contributed by atoms with Crippen LogP contribution in [0, 0.1) is 5.82 Å². The molecule has 0 bridgehead atoms. The summed E-state index contributed by atoms with van der Waals surface area (Å²) >= 11 is 3.03. The summed E-state index contributed by atoms with van der Waals surface area (Å²) in [6.07, 6.45) is 1.35. The first-order valence-electron chi connectivity index (χ1n) is 9.08. The molecule has 4 aromatic rings. The number of carbonyl (C=O) groups is 1. The minimum absolute atomic E-state index is 0.187. The predicted molar refractivity (Wildman–Crippen MR) is 113 cm³/mol. The number of para-hydroxylation sites is 1. The van der Waals surface area contributed by atoms with Crippen molar-refractivity contribution in [3.63, 3.8) is 0 Å². The molecule has 0 spiro atoms. The summed E-state index contributed by atoms with van der Waals surface area (Å²) in [6.45, 7) is 3.98. The Kier molecular flexibility index (Phi) is 5.32. The van der Waals surface area contributed by atoms with Crippen LogP contribution in [-0.2, 0) is 11.2 Å². The van der Waals surface area contributed by atoms with E-state index >= 15 is 0 Å². The van der Waals surface area contributed by atoms with E-state index in [4.69, 9.17) is 0 Å². The first kappa shape index (κ1) is 18.9. The summed E-state index contributed by atoms with van der Waals surface area (Å²) in [5.74, 6) is 0.194. The molecular formula is C20H19FN4OS2. The van der Waals surface area contributed by atoms with Crippen molar-refractivity contribution in [2.45, 2.75) is 37.0 Å². The molecule has 0 aliphatic rings. The Balaban J connectivity index is 1.66. The smallest absolute Gasteiger partial charge is 0.237 e. The minimum atomic E-state index is -0.447. The Morgan fingerprint density at radius 1 is 1.25 bits per heavy atom. The van der Waals surface area contributed by atoms with Crippen molar-refractivity contribution >= 4 is 50.4 Å². The number of benzene rings is 1. The predicted octanol–water partition coefficient (Wildman–Crippen LogP) is 5.15. The van der Waals surface area contributed by atoms with E-state index in [1.165, 1.54) is 17.8 Å². The Morgan fingerprint density at radius 3 is 2.82 bits per heavy atom. The lowest BCUT2D eigenvalue weighted by molar-refractivity contribution is -0.115. The highest BCUT2D eigenvalue weighted by Crippen LogP contribution is 2.34. The molecule has 1 atom stereocenters. The summed E-state index contributed by atoms with van der Waals surface area (Å²) in [7, 11) is 0. The number of anilines is 1. The second-order valence-electron chi connectivity index (χ2n) is 6.29. The molecule has 144 valence electrons. The number of aromatic nitrogens is 3. The van der Waals surface area contributed by atoms with Crippen molar-refractivity contribution in [3.8, 4) is 0 Å². The van der Waals surface area contributed by atoms with Crippen LogP contribution in [0.15, 0.2) is 46.8 Å². The van der Waals surface area contributed by atoms with Crippen LogP contribution in [-0.4, -0.2) is 25.8 Å². The van der Waals surface area contributed by atoms with E-state index in [2.05, 4.69) is 37.4 Å². The third-order valence-electron chi connectivity index (χ3n) is 4.52. The second kappa shape index (κ2) is 7.89. The van der Waals surface area contributed by atoms with Crippen LogP contribution in [0.4, 0.5) is 10.1 Å². The topological polar surface area (TPSA) is 59.3 Å². The van der Waals surface area contributed by atoms with E-state index in [-0.39, 0.29) is 11.6 Å². The minimum Gasteiger partial charge on any atom is -0.323 e. The van der Waals surface area contributed by atoms with E-state index in [1.807, 2.05) is 13.8 Å². The average molecular weight is 415 g/mol. The number of nitrogens with zero attached hydrogens (tertiary/aromatic N) is 3. The van der Waals surface area contributed by atoms with Crippen molar-refractivity contribution in [1.82, 2.24) is 14.6 Å². The quantitative estimate of drug-likeness (QED) is 0.443. The molecule has 0 saturated heterocycles. The molecule has 0 aliphatic heterocycles. The first-order valence-corrected chi connectivity index (χ1v) is 10.8. The number of halogens is 1. The number of rotatable bonds is 6. The van der Waals surface area contributed by atoms with Gasteiger partial charge in [-0.15, -0.1) is 21.5 Å². The Labute approximate surface area is 170 Å². The van der Waals surface area contributed by atoms with Crippen LogP contribution in [0.2, 0.25) is 0 Å². The zero-order valence-electron chi connectivity index (χ0n) is 15.5. The van der Waals surface area contributed by atoms with Crippen LogP contribution in [0.5, 0.6) is 0 Å². The fraction of sp³-hybridized carbons (Fsp3) is 0.250.